The van der Waals surface area contributed by atoms with Crippen molar-refractivity contribution in [2.45, 2.75) is 20.0 Å². The molecule has 0 heterocycles. The quantitative estimate of drug-likeness (QED) is 0.722. The van der Waals surface area contributed by atoms with E-state index in [0.29, 0.717) is 25.7 Å². The third-order valence-corrected chi connectivity index (χ3v) is 3.49. The lowest BCUT2D eigenvalue weighted by atomic mass is 10.2. The van der Waals surface area contributed by atoms with Gasteiger partial charge in [0.25, 0.3) is 0 Å². The fourth-order valence-electron chi connectivity index (χ4n) is 2.03. The van der Waals surface area contributed by atoms with Crippen LogP contribution in [0.2, 0.25) is 0 Å². The largest absolute Gasteiger partial charge is 0.375 e. The first-order chi connectivity index (χ1) is 8.68. The number of benzene rings is 1. The molecule has 0 N–H and O–H groups in total. The zero-order valence-corrected chi connectivity index (χ0v) is 11.1. The molecule has 1 fully saturated rings. The van der Waals surface area contributed by atoms with Gasteiger partial charge < -0.3 is 9.64 Å². The standard InChI is InChI=1S/C15H21NO2/c1-12-10-14(12)15(17)16(2)8-9-18-11-13-6-4-3-5-7-13/h3-7,12,14H,8-11H2,1-2H3/t12-,14-/m1/s1. The van der Waals surface area contributed by atoms with Crippen LogP contribution in [0.15, 0.2) is 30.3 Å². The molecule has 1 aliphatic rings. The number of hydrogen-bond donors (Lipinski definition) is 0. The van der Waals surface area contributed by atoms with Crippen LogP contribution >= 0.6 is 0 Å². The van der Waals surface area contributed by atoms with Gasteiger partial charge in [0, 0.05) is 19.5 Å². The van der Waals surface area contributed by atoms with Gasteiger partial charge in [-0.2, -0.15) is 0 Å². The average molecular weight is 247 g/mol. The predicted octanol–water partition coefficient (Wildman–Crippen LogP) is 2.32. The molecule has 1 saturated carbocycles. The number of rotatable bonds is 6. The van der Waals surface area contributed by atoms with Gasteiger partial charge in [-0.25, -0.2) is 0 Å². The molecule has 0 aliphatic heterocycles. The molecule has 0 aromatic heterocycles. The Kier molecular flexibility index (Phi) is 4.37. The molecule has 1 aromatic carbocycles. The van der Waals surface area contributed by atoms with Gasteiger partial charge in [-0.1, -0.05) is 37.3 Å². The highest BCUT2D eigenvalue weighted by Crippen LogP contribution is 2.38. The second-order valence-electron chi connectivity index (χ2n) is 5.12. The van der Waals surface area contributed by atoms with Crippen LogP contribution in [0.1, 0.15) is 18.9 Å². The number of carbonyl (C=O) groups is 1. The zero-order valence-electron chi connectivity index (χ0n) is 11.1. The highest BCUT2D eigenvalue weighted by atomic mass is 16.5. The highest BCUT2D eigenvalue weighted by molar-refractivity contribution is 5.81. The lowest BCUT2D eigenvalue weighted by Gasteiger charge is -2.17. The predicted molar refractivity (Wildman–Crippen MR) is 71.0 cm³/mol. The maximum atomic E-state index is 11.9. The van der Waals surface area contributed by atoms with Crippen LogP contribution < -0.4 is 0 Å². The van der Waals surface area contributed by atoms with Crippen LogP contribution in [-0.4, -0.2) is 31.0 Å². The van der Waals surface area contributed by atoms with E-state index < -0.39 is 0 Å². The average Bonchev–Trinajstić information content (AvgIpc) is 3.12. The van der Waals surface area contributed by atoms with Crippen molar-refractivity contribution >= 4 is 5.91 Å². The van der Waals surface area contributed by atoms with Crippen molar-refractivity contribution in [1.29, 1.82) is 0 Å². The highest BCUT2D eigenvalue weighted by Gasteiger charge is 2.40. The SMILES string of the molecule is C[C@@H]1C[C@H]1C(=O)N(C)CCOCc1ccccc1. The van der Waals surface area contributed by atoms with E-state index >= 15 is 0 Å². The third kappa shape index (κ3) is 3.57. The minimum absolute atomic E-state index is 0.268. The summed E-state index contributed by atoms with van der Waals surface area (Å²) in [5, 5.41) is 0. The van der Waals surface area contributed by atoms with Crippen LogP contribution in [0.4, 0.5) is 0 Å². The van der Waals surface area contributed by atoms with Crippen LogP contribution in [0.3, 0.4) is 0 Å². The molecule has 98 valence electrons. The summed E-state index contributed by atoms with van der Waals surface area (Å²) in [7, 11) is 1.86. The molecular formula is C15H21NO2. The van der Waals surface area contributed by atoms with E-state index in [1.165, 1.54) is 5.56 Å². The normalized spacial score (nSPS) is 21.7. The molecular weight excluding hydrogens is 226 g/mol. The summed E-state index contributed by atoms with van der Waals surface area (Å²) in [5.41, 5.74) is 1.17. The van der Waals surface area contributed by atoms with Gasteiger partial charge in [0.1, 0.15) is 0 Å². The van der Waals surface area contributed by atoms with Gasteiger partial charge in [0.15, 0.2) is 0 Å². The monoisotopic (exact) mass is 247 g/mol. The Morgan fingerprint density at radius 2 is 2.06 bits per heavy atom. The lowest BCUT2D eigenvalue weighted by molar-refractivity contribution is -0.132. The Morgan fingerprint density at radius 3 is 2.67 bits per heavy atom. The van der Waals surface area contributed by atoms with Gasteiger partial charge in [0.05, 0.1) is 13.2 Å². The van der Waals surface area contributed by atoms with Gasteiger partial charge in [-0.05, 0) is 17.9 Å². The van der Waals surface area contributed by atoms with Crippen LogP contribution in [0.5, 0.6) is 0 Å². The summed E-state index contributed by atoms with van der Waals surface area (Å²) < 4.78 is 5.57. The Hall–Kier alpha value is -1.35. The fourth-order valence-corrected chi connectivity index (χ4v) is 2.03. The maximum Gasteiger partial charge on any atom is 0.225 e. The van der Waals surface area contributed by atoms with Crippen molar-refractivity contribution in [3.05, 3.63) is 35.9 Å². The Morgan fingerprint density at radius 1 is 1.39 bits per heavy atom. The first-order valence-electron chi connectivity index (χ1n) is 6.55. The van der Waals surface area contributed by atoms with Crippen molar-refractivity contribution in [3.63, 3.8) is 0 Å². The molecule has 2 rings (SSSR count). The van der Waals surface area contributed by atoms with Crippen molar-refractivity contribution in [2.75, 3.05) is 20.2 Å². The van der Waals surface area contributed by atoms with Gasteiger partial charge in [-0.15, -0.1) is 0 Å². The second kappa shape index (κ2) is 6.01. The molecule has 0 radical (unpaired) electrons. The molecule has 3 heteroatoms. The summed E-state index contributed by atoms with van der Waals surface area (Å²) >= 11 is 0. The minimum atomic E-state index is 0.268. The van der Waals surface area contributed by atoms with E-state index in [0.717, 1.165) is 6.42 Å². The van der Waals surface area contributed by atoms with Gasteiger partial charge >= 0.3 is 0 Å². The second-order valence-corrected chi connectivity index (χ2v) is 5.12. The summed E-state index contributed by atoms with van der Waals surface area (Å²) in [6, 6.07) is 10.1. The van der Waals surface area contributed by atoms with Crippen molar-refractivity contribution in [3.8, 4) is 0 Å². The van der Waals surface area contributed by atoms with Gasteiger partial charge in [-0.3, -0.25) is 4.79 Å². The van der Waals surface area contributed by atoms with E-state index in [1.807, 2.05) is 37.4 Å². The first kappa shape index (κ1) is 13.1. The Labute approximate surface area is 109 Å². The Balaban J connectivity index is 1.62. The number of nitrogens with zero attached hydrogens (tertiary/aromatic N) is 1. The van der Waals surface area contributed by atoms with E-state index in [2.05, 4.69) is 6.92 Å². The molecule has 0 unspecified atom stereocenters. The number of carbonyl (C=O) groups excluding carboxylic acids is 1. The fraction of sp³-hybridized carbons (Fsp3) is 0.533. The van der Waals surface area contributed by atoms with Crippen LogP contribution in [-0.2, 0) is 16.1 Å². The zero-order chi connectivity index (χ0) is 13.0. The summed E-state index contributed by atoms with van der Waals surface area (Å²) in [5.74, 6) is 1.11. The van der Waals surface area contributed by atoms with Crippen LogP contribution in [0, 0.1) is 11.8 Å². The summed E-state index contributed by atoms with van der Waals surface area (Å²) in [4.78, 5) is 13.6. The van der Waals surface area contributed by atoms with Gasteiger partial charge in [0.2, 0.25) is 5.91 Å². The number of amides is 1. The van der Waals surface area contributed by atoms with Crippen molar-refractivity contribution < 1.29 is 9.53 Å². The van der Waals surface area contributed by atoms with E-state index in [1.54, 1.807) is 4.90 Å². The molecule has 2 atom stereocenters. The minimum Gasteiger partial charge on any atom is -0.375 e. The molecule has 18 heavy (non-hydrogen) atoms. The number of likely N-dealkylation sites (N-methyl/N-ethyl adjacent to an activating group) is 1. The Bertz CT molecular complexity index is 391. The van der Waals surface area contributed by atoms with Crippen LogP contribution in [0.25, 0.3) is 0 Å². The molecule has 3 nitrogen and oxygen atoms in total. The molecule has 1 aromatic rings. The van der Waals surface area contributed by atoms with E-state index in [9.17, 15) is 4.79 Å². The number of hydrogen-bond acceptors (Lipinski definition) is 2. The third-order valence-electron chi connectivity index (χ3n) is 3.49. The number of ether oxygens (including phenoxy) is 1. The maximum absolute atomic E-state index is 11.9. The molecule has 0 bridgehead atoms. The first-order valence-corrected chi connectivity index (χ1v) is 6.55. The molecule has 1 aliphatic carbocycles. The van der Waals surface area contributed by atoms with E-state index in [4.69, 9.17) is 4.74 Å². The molecule has 0 spiro atoms. The van der Waals surface area contributed by atoms with Crippen molar-refractivity contribution in [1.82, 2.24) is 4.90 Å². The summed E-state index contributed by atoms with van der Waals surface area (Å²) in [6.07, 6.45) is 1.05. The topological polar surface area (TPSA) is 29.5 Å². The van der Waals surface area contributed by atoms with Crippen molar-refractivity contribution in [2.24, 2.45) is 11.8 Å². The molecule has 0 saturated heterocycles. The van der Waals surface area contributed by atoms with E-state index in [-0.39, 0.29) is 11.8 Å². The lowest BCUT2D eigenvalue weighted by Crippen LogP contribution is -2.31. The smallest absolute Gasteiger partial charge is 0.225 e. The summed E-state index contributed by atoms with van der Waals surface area (Å²) in [6.45, 7) is 4.01. The molecule has 1 amide bonds.